The molecule has 1 heterocycles. The molecule has 0 bridgehead atoms. The van der Waals surface area contributed by atoms with Crippen molar-refractivity contribution >= 4 is 40.7 Å². The van der Waals surface area contributed by atoms with E-state index in [1.807, 2.05) is 6.92 Å². The summed E-state index contributed by atoms with van der Waals surface area (Å²) in [5, 5.41) is 11.5. The van der Waals surface area contributed by atoms with Crippen LogP contribution in [0.1, 0.15) is 50.3 Å². The predicted octanol–water partition coefficient (Wildman–Crippen LogP) is 6.02. The summed E-state index contributed by atoms with van der Waals surface area (Å²) in [6.07, 6.45) is 2.59. The fraction of sp³-hybridized carbons (Fsp3) is 0.385. The largest absolute Gasteiger partial charge is 0.507 e. The van der Waals surface area contributed by atoms with Crippen LogP contribution in [-0.4, -0.2) is 49.1 Å². The first kappa shape index (κ1) is 26.7. The zero-order valence-corrected chi connectivity index (χ0v) is 21.7. The Hall–Kier alpha value is -2.90. The van der Waals surface area contributed by atoms with Gasteiger partial charge in [-0.15, -0.1) is 0 Å². The zero-order valence-electron chi connectivity index (χ0n) is 20.2. The number of ketones is 1. The van der Waals surface area contributed by atoms with Crippen molar-refractivity contribution in [2.24, 2.45) is 0 Å². The number of Topliss-reactive ketones (excluding diaryl/α,β-unsaturated/α-hetero) is 1. The molecule has 1 aliphatic heterocycles. The Morgan fingerprint density at radius 1 is 1.03 bits per heavy atom. The summed E-state index contributed by atoms with van der Waals surface area (Å²) >= 11 is 12.7. The summed E-state index contributed by atoms with van der Waals surface area (Å²) in [6, 6.07) is 7.76. The van der Waals surface area contributed by atoms with E-state index >= 15 is 0 Å². The molecule has 9 heteroatoms. The number of aliphatic hydroxyl groups excluding tert-OH is 1. The van der Waals surface area contributed by atoms with E-state index in [2.05, 4.69) is 6.92 Å². The van der Waals surface area contributed by atoms with Crippen molar-refractivity contribution in [1.82, 2.24) is 4.90 Å². The lowest BCUT2D eigenvalue weighted by atomic mass is 9.94. The van der Waals surface area contributed by atoms with Crippen molar-refractivity contribution in [2.75, 3.05) is 27.4 Å². The van der Waals surface area contributed by atoms with E-state index in [0.29, 0.717) is 30.9 Å². The second-order valence-corrected chi connectivity index (χ2v) is 8.84. The average molecular weight is 522 g/mol. The third-order valence-electron chi connectivity index (χ3n) is 5.76. The SMILES string of the molecule is CCCCOc1ccc(C2/C(=C(\O)c3cc(Cl)c(OC)c(Cl)c3OC)C(=O)C(=O)N2CCC)cc1. The molecule has 1 fully saturated rings. The molecule has 0 radical (unpaired) electrons. The molecular formula is C26H29Cl2NO6. The van der Waals surface area contributed by atoms with Gasteiger partial charge in [-0.25, -0.2) is 0 Å². The van der Waals surface area contributed by atoms with Gasteiger partial charge in [0.15, 0.2) is 11.5 Å². The van der Waals surface area contributed by atoms with Gasteiger partial charge in [0.1, 0.15) is 16.5 Å². The van der Waals surface area contributed by atoms with Crippen LogP contribution in [0.3, 0.4) is 0 Å². The number of nitrogens with zero attached hydrogens (tertiary/aromatic N) is 1. The Balaban J connectivity index is 2.16. The molecule has 2 aromatic rings. The molecule has 2 aromatic carbocycles. The van der Waals surface area contributed by atoms with E-state index in [-0.39, 0.29) is 32.7 Å². The van der Waals surface area contributed by atoms with Gasteiger partial charge in [0.2, 0.25) is 0 Å². The van der Waals surface area contributed by atoms with Crippen molar-refractivity contribution in [2.45, 2.75) is 39.2 Å². The number of amides is 1. The van der Waals surface area contributed by atoms with Crippen molar-refractivity contribution < 1.29 is 28.9 Å². The first-order valence-electron chi connectivity index (χ1n) is 11.4. The number of carbonyl (C=O) groups excluding carboxylic acids is 2. The van der Waals surface area contributed by atoms with Crippen molar-refractivity contribution in [3.8, 4) is 17.2 Å². The van der Waals surface area contributed by atoms with Crippen LogP contribution >= 0.6 is 23.2 Å². The molecule has 188 valence electrons. The maximum absolute atomic E-state index is 13.2. The minimum atomic E-state index is -0.802. The van der Waals surface area contributed by atoms with Crippen molar-refractivity contribution in [3.05, 3.63) is 57.1 Å². The number of unbranched alkanes of at least 4 members (excludes halogenated alkanes) is 1. The molecule has 0 saturated carbocycles. The second kappa shape index (κ2) is 11.7. The molecule has 1 unspecified atom stereocenters. The number of aliphatic hydroxyl groups is 1. The second-order valence-electron chi connectivity index (χ2n) is 8.05. The number of likely N-dealkylation sites (tertiary alicyclic amines) is 1. The quantitative estimate of drug-likeness (QED) is 0.178. The Morgan fingerprint density at radius 2 is 1.69 bits per heavy atom. The summed E-state index contributed by atoms with van der Waals surface area (Å²) < 4.78 is 16.4. The summed E-state index contributed by atoms with van der Waals surface area (Å²) in [4.78, 5) is 27.6. The Kier molecular flexibility index (Phi) is 8.92. The Bertz CT molecular complexity index is 1130. The highest BCUT2D eigenvalue weighted by molar-refractivity contribution is 6.47. The van der Waals surface area contributed by atoms with Crippen LogP contribution in [0.5, 0.6) is 17.2 Å². The fourth-order valence-corrected chi connectivity index (χ4v) is 4.76. The van der Waals surface area contributed by atoms with Gasteiger partial charge in [0, 0.05) is 6.54 Å². The van der Waals surface area contributed by atoms with Crippen LogP contribution in [0, 0.1) is 0 Å². The van der Waals surface area contributed by atoms with Gasteiger partial charge in [-0.05, 0) is 36.6 Å². The molecular weight excluding hydrogens is 493 g/mol. The predicted molar refractivity (Wildman–Crippen MR) is 136 cm³/mol. The van der Waals surface area contributed by atoms with Gasteiger partial charge in [0.05, 0.1) is 43.0 Å². The highest BCUT2D eigenvalue weighted by Gasteiger charge is 2.46. The summed E-state index contributed by atoms with van der Waals surface area (Å²) in [7, 11) is 2.77. The highest BCUT2D eigenvalue weighted by atomic mass is 35.5. The molecule has 1 saturated heterocycles. The molecule has 1 aliphatic rings. The third kappa shape index (κ3) is 5.21. The molecule has 1 amide bonds. The van der Waals surface area contributed by atoms with Gasteiger partial charge < -0.3 is 24.2 Å². The topological polar surface area (TPSA) is 85.3 Å². The van der Waals surface area contributed by atoms with E-state index in [0.717, 1.165) is 12.8 Å². The van der Waals surface area contributed by atoms with E-state index in [1.54, 1.807) is 24.3 Å². The van der Waals surface area contributed by atoms with E-state index in [1.165, 1.54) is 25.2 Å². The number of halogens is 2. The van der Waals surface area contributed by atoms with Crippen molar-refractivity contribution in [1.29, 1.82) is 0 Å². The Morgan fingerprint density at radius 3 is 2.26 bits per heavy atom. The summed E-state index contributed by atoms with van der Waals surface area (Å²) in [6.45, 7) is 4.93. The van der Waals surface area contributed by atoms with Crippen LogP contribution < -0.4 is 14.2 Å². The van der Waals surface area contributed by atoms with Gasteiger partial charge in [-0.2, -0.15) is 0 Å². The molecule has 1 N–H and O–H groups in total. The van der Waals surface area contributed by atoms with Crippen LogP contribution in [-0.2, 0) is 9.59 Å². The van der Waals surface area contributed by atoms with Crippen molar-refractivity contribution in [3.63, 3.8) is 0 Å². The van der Waals surface area contributed by atoms with Crippen LogP contribution in [0.15, 0.2) is 35.9 Å². The summed E-state index contributed by atoms with van der Waals surface area (Å²) in [5.74, 6) is -0.988. The molecule has 0 spiro atoms. The Labute approximate surface area is 215 Å². The van der Waals surface area contributed by atoms with E-state index in [4.69, 9.17) is 37.4 Å². The molecule has 35 heavy (non-hydrogen) atoms. The normalized spacial score (nSPS) is 17.1. The number of hydrogen-bond acceptors (Lipinski definition) is 6. The minimum Gasteiger partial charge on any atom is -0.507 e. The monoisotopic (exact) mass is 521 g/mol. The number of carbonyl (C=O) groups is 2. The standard InChI is InChI=1S/C26H29Cl2NO6/c1-5-7-13-35-16-10-8-15(9-11-16)21-19(23(31)26(32)29(21)12-6-2)22(30)17-14-18(27)25(34-4)20(28)24(17)33-3/h8-11,14,21,30H,5-7,12-13H2,1-4H3/b22-19+. The van der Waals surface area contributed by atoms with E-state index < -0.39 is 23.5 Å². The van der Waals surface area contributed by atoms with Crippen LogP contribution in [0.4, 0.5) is 0 Å². The fourth-order valence-electron chi connectivity index (χ4n) is 4.07. The molecule has 7 nitrogen and oxygen atoms in total. The molecule has 1 atom stereocenters. The zero-order chi connectivity index (χ0) is 25.7. The number of hydrogen-bond donors (Lipinski definition) is 1. The number of methoxy groups -OCH3 is 2. The first-order chi connectivity index (χ1) is 16.8. The van der Waals surface area contributed by atoms with Crippen LogP contribution in [0.25, 0.3) is 5.76 Å². The molecule has 3 rings (SSSR count). The highest BCUT2D eigenvalue weighted by Crippen LogP contribution is 2.47. The average Bonchev–Trinajstić information content (AvgIpc) is 3.09. The maximum atomic E-state index is 13.2. The van der Waals surface area contributed by atoms with Crippen LogP contribution in [0.2, 0.25) is 10.0 Å². The third-order valence-corrected chi connectivity index (χ3v) is 6.39. The number of rotatable bonds is 10. The summed E-state index contributed by atoms with van der Waals surface area (Å²) in [5.41, 5.74) is 0.674. The first-order valence-corrected chi connectivity index (χ1v) is 12.2. The van der Waals surface area contributed by atoms with Gasteiger partial charge in [-0.1, -0.05) is 55.6 Å². The van der Waals surface area contributed by atoms with Gasteiger partial charge >= 0.3 is 0 Å². The lowest BCUT2D eigenvalue weighted by Crippen LogP contribution is -2.30. The maximum Gasteiger partial charge on any atom is 0.295 e. The smallest absolute Gasteiger partial charge is 0.295 e. The lowest BCUT2D eigenvalue weighted by Gasteiger charge is -2.25. The minimum absolute atomic E-state index is 0.0389. The molecule has 0 aromatic heterocycles. The van der Waals surface area contributed by atoms with E-state index in [9.17, 15) is 14.7 Å². The number of ether oxygens (including phenoxy) is 3. The molecule has 0 aliphatic carbocycles. The van der Waals surface area contributed by atoms with Gasteiger partial charge in [0.25, 0.3) is 11.7 Å². The number of benzene rings is 2. The van der Waals surface area contributed by atoms with Gasteiger partial charge in [-0.3, -0.25) is 9.59 Å². The lowest BCUT2D eigenvalue weighted by molar-refractivity contribution is -0.139.